The third kappa shape index (κ3) is 10.4. The van der Waals surface area contributed by atoms with Gasteiger partial charge in [0, 0.05) is 13.0 Å². The number of hydrogen-bond acceptors (Lipinski definition) is 12. The molecule has 1 fully saturated rings. The van der Waals surface area contributed by atoms with Crippen LogP contribution in [0.25, 0.3) is 0 Å². The first-order chi connectivity index (χ1) is 15.9. The number of Topliss-reactive ketones (excluding diaryl/α,β-unsaturated/α-hetero) is 1. The van der Waals surface area contributed by atoms with E-state index in [1.165, 1.54) is 0 Å². The number of nitrogens with one attached hydrogen (secondary N) is 1. The van der Waals surface area contributed by atoms with Crippen LogP contribution >= 0.6 is 0 Å². The van der Waals surface area contributed by atoms with Crippen LogP contribution in [-0.4, -0.2) is 123 Å². The van der Waals surface area contributed by atoms with Gasteiger partial charge >= 0.3 is 11.9 Å². The van der Waals surface area contributed by atoms with E-state index in [0.717, 1.165) is 0 Å². The second-order valence-corrected chi connectivity index (χ2v) is 7.66. The van der Waals surface area contributed by atoms with Crippen LogP contribution in [0.2, 0.25) is 0 Å². The Morgan fingerprint density at radius 1 is 0.912 bits per heavy atom. The van der Waals surface area contributed by atoms with Gasteiger partial charge in [0.05, 0.1) is 38.7 Å². The molecule has 0 aliphatic carbocycles. The molecular formula is C19H32N2O13. The van der Waals surface area contributed by atoms with Crippen molar-refractivity contribution >= 4 is 23.6 Å². The summed E-state index contributed by atoms with van der Waals surface area (Å²) < 4.78 is 15.5. The van der Waals surface area contributed by atoms with Crippen LogP contribution in [0.5, 0.6) is 0 Å². The molecular weight excluding hydrogens is 464 g/mol. The van der Waals surface area contributed by atoms with Crippen molar-refractivity contribution in [2.45, 2.75) is 68.5 Å². The number of aliphatic hydroxyl groups excluding tert-OH is 4. The molecule has 0 spiro atoms. The molecule has 0 aromatic rings. The number of carboxylic acids is 2. The van der Waals surface area contributed by atoms with Gasteiger partial charge in [-0.25, -0.2) is 0 Å². The van der Waals surface area contributed by atoms with Crippen molar-refractivity contribution in [3.05, 3.63) is 0 Å². The highest BCUT2D eigenvalue weighted by Crippen LogP contribution is 2.19. The van der Waals surface area contributed by atoms with E-state index in [1.807, 2.05) is 0 Å². The van der Waals surface area contributed by atoms with Crippen LogP contribution < -0.4 is 11.1 Å². The molecule has 15 heteroatoms. The highest BCUT2D eigenvalue weighted by atomic mass is 16.6. The number of aliphatic carboxylic acids is 2. The van der Waals surface area contributed by atoms with E-state index in [-0.39, 0.29) is 39.3 Å². The van der Waals surface area contributed by atoms with Crippen molar-refractivity contribution in [3.8, 4) is 0 Å². The van der Waals surface area contributed by atoms with Crippen molar-refractivity contribution in [2.24, 2.45) is 5.73 Å². The molecule has 1 aliphatic rings. The summed E-state index contributed by atoms with van der Waals surface area (Å²) in [6.07, 6.45) is -8.57. The molecule has 1 rings (SSSR count). The second-order valence-electron chi connectivity index (χ2n) is 7.66. The van der Waals surface area contributed by atoms with E-state index in [2.05, 4.69) is 5.32 Å². The Bertz CT molecular complexity index is 691. The Kier molecular flexibility index (Phi) is 13.1. The van der Waals surface area contributed by atoms with Gasteiger partial charge in [0.25, 0.3) is 0 Å². The van der Waals surface area contributed by atoms with Crippen LogP contribution in [0.15, 0.2) is 0 Å². The highest BCUT2D eigenvalue weighted by Gasteiger charge is 2.42. The summed E-state index contributed by atoms with van der Waals surface area (Å²) in [6.45, 7) is 0.0642. The molecule has 1 heterocycles. The predicted octanol–water partition coefficient (Wildman–Crippen LogP) is -4.07. The molecule has 1 aliphatic heterocycles. The molecule has 0 aromatic carbocycles. The summed E-state index contributed by atoms with van der Waals surface area (Å²) in [5.41, 5.74) is 5.25. The molecule has 1 saturated heterocycles. The van der Waals surface area contributed by atoms with Gasteiger partial charge in [-0.2, -0.15) is 0 Å². The van der Waals surface area contributed by atoms with Gasteiger partial charge in [0.1, 0.15) is 30.5 Å². The number of nitrogens with two attached hydrogens (primary N) is 1. The second kappa shape index (κ2) is 14.9. The minimum atomic E-state index is -1.66. The Labute approximate surface area is 194 Å². The molecule has 9 N–H and O–H groups in total. The van der Waals surface area contributed by atoms with E-state index in [0.29, 0.717) is 0 Å². The summed E-state index contributed by atoms with van der Waals surface area (Å²) in [4.78, 5) is 45.7. The Hall–Kier alpha value is -2.24. The number of carbonyl (C=O) groups is 4. The predicted molar refractivity (Wildman–Crippen MR) is 109 cm³/mol. The fourth-order valence-electron chi connectivity index (χ4n) is 2.97. The molecule has 4 unspecified atom stereocenters. The minimum Gasteiger partial charge on any atom is -0.481 e. The van der Waals surface area contributed by atoms with Gasteiger partial charge < -0.3 is 55.9 Å². The first-order valence-electron chi connectivity index (χ1n) is 10.5. The average Bonchev–Trinajstić information content (AvgIpc) is 2.76. The zero-order valence-electron chi connectivity index (χ0n) is 18.3. The maximum atomic E-state index is 12.2. The first-order valence-corrected chi connectivity index (χ1v) is 10.5. The van der Waals surface area contributed by atoms with Gasteiger partial charge in [-0.1, -0.05) is 0 Å². The molecule has 0 radical (unpaired) electrons. The van der Waals surface area contributed by atoms with Gasteiger partial charge in [-0.3, -0.25) is 19.2 Å². The molecule has 0 bridgehead atoms. The lowest BCUT2D eigenvalue weighted by Crippen LogP contribution is -2.58. The highest BCUT2D eigenvalue weighted by molar-refractivity contribution is 5.93. The average molecular weight is 496 g/mol. The maximum Gasteiger partial charge on any atom is 0.321 e. The Morgan fingerprint density at radius 2 is 1.56 bits per heavy atom. The van der Waals surface area contributed by atoms with Crippen molar-refractivity contribution < 1.29 is 64.0 Å². The smallest absolute Gasteiger partial charge is 0.321 e. The van der Waals surface area contributed by atoms with Crippen molar-refractivity contribution in [1.82, 2.24) is 5.32 Å². The van der Waals surface area contributed by atoms with Crippen molar-refractivity contribution in [3.63, 3.8) is 0 Å². The van der Waals surface area contributed by atoms with Crippen molar-refractivity contribution in [2.75, 3.05) is 26.4 Å². The fourth-order valence-corrected chi connectivity index (χ4v) is 2.97. The number of ether oxygens (including phenoxy) is 3. The molecule has 196 valence electrons. The van der Waals surface area contributed by atoms with Crippen LogP contribution in [0, 0.1) is 0 Å². The van der Waals surface area contributed by atoms with Crippen LogP contribution in [0.3, 0.4) is 0 Å². The fraction of sp³-hybridized carbons (Fsp3) is 0.789. The molecule has 0 saturated carbocycles. The number of hydrogen-bond donors (Lipinski definition) is 8. The van der Waals surface area contributed by atoms with Crippen LogP contribution in [0.4, 0.5) is 0 Å². The number of rotatable bonds is 16. The number of ketones is 1. The first kappa shape index (κ1) is 29.8. The summed E-state index contributed by atoms with van der Waals surface area (Å²) in [5, 5.41) is 58.1. The van der Waals surface area contributed by atoms with Gasteiger partial charge in [0.2, 0.25) is 5.91 Å². The van der Waals surface area contributed by atoms with E-state index in [9.17, 15) is 39.6 Å². The van der Waals surface area contributed by atoms with E-state index in [4.69, 9.17) is 30.2 Å². The largest absolute Gasteiger partial charge is 0.481 e. The lowest BCUT2D eigenvalue weighted by Gasteiger charge is -2.38. The topological polar surface area (TPSA) is 255 Å². The standard InChI is InChI=1S/C19H32N2O13/c20-9(18(29)30)6-13(23)21-10(7-14(24)25)11(22)2-1-3-32-4-5-33-8-12-15(26)16(27)17(28)19(31)34-12/h9-10,12,15-17,19,26-28,31H,1-8,20H2,(H,21,23)(H,24,25)(H,29,30)/t9?,10?,12?,15-,16+,17?,19-/m1/s1. The normalized spacial score (nSPS) is 26.4. The summed E-state index contributed by atoms with van der Waals surface area (Å²) in [6, 6.07) is -2.81. The van der Waals surface area contributed by atoms with E-state index >= 15 is 0 Å². The van der Waals surface area contributed by atoms with Crippen LogP contribution in [0.1, 0.15) is 25.7 Å². The van der Waals surface area contributed by atoms with Crippen molar-refractivity contribution in [1.29, 1.82) is 0 Å². The van der Waals surface area contributed by atoms with E-state index < -0.39 is 79.3 Å². The summed E-state index contributed by atoms with van der Waals surface area (Å²) in [5.74, 6) is -4.16. The number of carbonyl (C=O) groups excluding carboxylic acids is 2. The Balaban J connectivity index is 2.26. The summed E-state index contributed by atoms with van der Waals surface area (Å²) >= 11 is 0. The number of amides is 1. The molecule has 15 nitrogen and oxygen atoms in total. The molecule has 0 aromatic heterocycles. The number of carboxylic acid groups (broad SMARTS) is 2. The minimum absolute atomic E-state index is 0.0524. The zero-order valence-corrected chi connectivity index (χ0v) is 18.3. The third-order valence-corrected chi connectivity index (χ3v) is 4.88. The van der Waals surface area contributed by atoms with Gasteiger partial charge in [0.15, 0.2) is 12.1 Å². The third-order valence-electron chi connectivity index (χ3n) is 4.88. The SMILES string of the molecule is NC(CC(=O)NC(CC(=O)O)C(=O)CCCOCCOCC1O[C@@H](O)C(O)[C@@H](O)[C@@H]1O)C(=O)O. The van der Waals surface area contributed by atoms with Gasteiger partial charge in [-0.05, 0) is 6.42 Å². The van der Waals surface area contributed by atoms with Gasteiger partial charge in [-0.15, -0.1) is 0 Å². The lowest BCUT2D eigenvalue weighted by atomic mass is 9.99. The lowest BCUT2D eigenvalue weighted by molar-refractivity contribution is -0.288. The van der Waals surface area contributed by atoms with Crippen LogP contribution in [-0.2, 0) is 33.4 Å². The Morgan fingerprint density at radius 3 is 2.18 bits per heavy atom. The monoisotopic (exact) mass is 496 g/mol. The molecule has 1 amide bonds. The zero-order chi connectivity index (χ0) is 25.8. The maximum absolute atomic E-state index is 12.2. The summed E-state index contributed by atoms with van der Waals surface area (Å²) in [7, 11) is 0. The molecule has 34 heavy (non-hydrogen) atoms. The molecule has 7 atom stereocenters. The quantitative estimate of drug-likeness (QED) is 0.0946. The number of aliphatic hydroxyl groups is 4. The van der Waals surface area contributed by atoms with E-state index in [1.54, 1.807) is 0 Å².